The van der Waals surface area contributed by atoms with Gasteiger partial charge in [-0.3, -0.25) is 15.5 Å². The van der Waals surface area contributed by atoms with Gasteiger partial charge in [-0.05, 0) is 9.85 Å². The Balaban J connectivity index is 3.06. The van der Waals surface area contributed by atoms with Crippen molar-refractivity contribution in [3.8, 4) is 0 Å². The first kappa shape index (κ1) is 12.8. The molecule has 0 saturated heterocycles. The molecule has 0 radical (unpaired) electrons. The van der Waals surface area contributed by atoms with Crippen molar-refractivity contribution in [2.45, 2.75) is 0 Å². The van der Waals surface area contributed by atoms with E-state index >= 15 is 0 Å². The van der Waals surface area contributed by atoms with Crippen molar-refractivity contribution in [1.82, 2.24) is 19.6 Å². The molecular weight excluding hydrogens is 284 g/mol. The average Bonchev–Trinajstić information content (AvgIpc) is 2.74. The molecule has 0 fully saturated rings. The van der Waals surface area contributed by atoms with E-state index < -0.39 is 43.2 Å². The second kappa shape index (κ2) is 3.93. The minimum Gasteiger partial charge on any atom is -0.394 e. The molecule has 104 valence electrons. The van der Waals surface area contributed by atoms with E-state index in [4.69, 9.17) is 5.41 Å². The van der Waals surface area contributed by atoms with Gasteiger partial charge in [0.2, 0.25) is 0 Å². The first-order valence-electron chi connectivity index (χ1n) is 4.48. The molecule has 2 aromatic rings. The van der Waals surface area contributed by atoms with Crippen molar-refractivity contribution < 1.29 is 20.0 Å². The lowest BCUT2D eigenvalue weighted by Gasteiger charge is -1.94. The normalized spacial score (nSPS) is 10.6. The monoisotopic (exact) mass is 286 g/mol. The van der Waals surface area contributed by atoms with Gasteiger partial charge in [-0.25, -0.2) is 0 Å². The summed E-state index contributed by atoms with van der Waals surface area (Å²) < 4.78 is 0.182. The van der Waals surface area contributed by atoms with Gasteiger partial charge in [-0.1, -0.05) is 4.52 Å². The minimum atomic E-state index is -1.28. The number of hydrogen-bond donors (Lipinski definition) is 2. The van der Waals surface area contributed by atoms with E-state index in [2.05, 4.69) is 10.2 Å². The van der Waals surface area contributed by atoms with E-state index in [1.54, 1.807) is 0 Å². The molecule has 0 saturated carbocycles. The third-order valence-corrected chi connectivity index (χ3v) is 2.15. The maximum Gasteiger partial charge on any atom is 0.471 e. The van der Waals surface area contributed by atoms with Gasteiger partial charge in [0.05, 0.1) is 10.0 Å². The Hall–Kier alpha value is -3.65. The van der Waals surface area contributed by atoms with Gasteiger partial charge in [-0.15, -0.1) is 0 Å². The fraction of sp³-hybridized carbons (Fsp3) is 0. The van der Waals surface area contributed by atoms with Crippen LogP contribution in [0.15, 0.2) is 0 Å². The summed E-state index contributed by atoms with van der Waals surface area (Å²) in [5, 5.41) is 54.8. The molecule has 2 N–H and O–H groups in total. The highest BCUT2D eigenvalue weighted by Crippen LogP contribution is 2.29. The van der Waals surface area contributed by atoms with Crippen LogP contribution in [0.3, 0.4) is 0 Å². The standard InChI is InChI=1S/C5H2N8O7/c6-2-4(13(19)20)8-10(14)5-1(11(15)16)3(12(17)18)7-9(2)5/h6,14H. The Morgan fingerprint density at radius 1 is 1.00 bits per heavy atom. The van der Waals surface area contributed by atoms with Crippen LogP contribution >= 0.6 is 0 Å². The van der Waals surface area contributed by atoms with Gasteiger partial charge in [0.25, 0.3) is 5.49 Å². The van der Waals surface area contributed by atoms with Crippen molar-refractivity contribution in [2.24, 2.45) is 0 Å². The Kier molecular flexibility index (Phi) is 2.52. The van der Waals surface area contributed by atoms with Gasteiger partial charge in [-0.2, -0.15) is 0 Å². The van der Waals surface area contributed by atoms with Crippen LogP contribution in [0.2, 0.25) is 0 Å². The van der Waals surface area contributed by atoms with Crippen molar-refractivity contribution in [1.29, 1.82) is 5.41 Å². The minimum absolute atomic E-state index is 0.182. The van der Waals surface area contributed by atoms with E-state index in [1.807, 2.05) is 0 Å². The number of nitrogens with one attached hydrogen (secondary N) is 1. The van der Waals surface area contributed by atoms with Gasteiger partial charge >= 0.3 is 23.0 Å². The number of nitro groups is 3. The molecule has 15 nitrogen and oxygen atoms in total. The zero-order valence-corrected chi connectivity index (χ0v) is 9.03. The maximum atomic E-state index is 10.8. The first-order chi connectivity index (χ1) is 9.25. The van der Waals surface area contributed by atoms with E-state index in [0.29, 0.717) is 0 Å². The van der Waals surface area contributed by atoms with Gasteiger partial charge in [0.15, 0.2) is 0 Å². The molecule has 0 unspecified atom stereocenters. The summed E-state index contributed by atoms with van der Waals surface area (Å²) in [6.07, 6.45) is 0. The highest BCUT2D eigenvalue weighted by Gasteiger charge is 2.40. The molecule has 2 rings (SSSR count). The van der Waals surface area contributed by atoms with Crippen molar-refractivity contribution >= 4 is 23.0 Å². The molecular formula is C5H2N8O7. The van der Waals surface area contributed by atoms with Crippen molar-refractivity contribution in [3.63, 3.8) is 0 Å². The van der Waals surface area contributed by atoms with Gasteiger partial charge in [0.1, 0.15) is 5.10 Å². The summed E-state index contributed by atoms with van der Waals surface area (Å²) in [7, 11) is 0. The van der Waals surface area contributed by atoms with Crippen LogP contribution in [0.1, 0.15) is 0 Å². The van der Waals surface area contributed by atoms with Crippen LogP contribution in [0, 0.1) is 35.8 Å². The largest absolute Gasteiger partial charge is 0.471 e. The second-order valence-electron chi connectivity index (χ2n) is 3.24. The summed E-state index contributed by atoms with van der Waals surface area (Å²) in [6, 6.07) is 0. The molecule has 0 spiro atoms. The number of fused-ring (bicyclic) bond motifs is 1. The highest BCUT2D eigenvalue weighted by molar-refractivity contribution is 5.68. The van der Waals surface area contributed by atoms with Crippen LogP contribution < -0.4 is 5.49 Å². The molecule has 0 aliphatic rings. The number of hydrogen-bond acceptors (Lipinski definition) is 10. The summed E-state index contributed by atoms with van der Waals surface area (Å²) >= 11 is 0. The lowest BCUT2D eigenvalue weighted by atomic mass is 10.5. The first-order valence-corrected chi connectivity index (χ1v) is 4.48. The molecule has 2 aromatic heterocycles. The molecule has 0 aliphatic carbocycles. The van der Waals surface area contributed by atoms with E-state index in [1.165, 1.54) is 0 Å². The Morgan fingerprint density at radius 2 is 1.55 bits per heavy atom. The van der Waals surface area contributed by atoms with E-state index in [0.717, 1.165) is 0 Å². The lowest BCUT2D eigenvalue weighted by molar-refractivity contribution is -0.423. The summed E-state index contributed by atoms with van der Waals surface area (Å²) in [5.41, 5.74) is -3.25. The molecule has 0 amide bonds. The Labute approximate surface area is 105 Å². The Bertz CT molecular complexity index is 832. The fourth-order valence-corrected chi connectivity index (χ4v) is 1.41. The van der Waals surface area contributed by atoms with Gasteiger partial charge in [0, 0.05) is 4.85 Å². The van der Waals surface area contributed by atoms with Crippen LogP contribution in [0.5, 0.6) is 0 Å². The maximum absolute atomic E-state index is 10.8. The SMILES string of the molecule is N=c1c([N+](=O)[O-])nn(O)c2c([N+](=O)[O-])c([N+](=O)[O-])nn12. The predicted molar refractivity (Wildman–Crippen MR) is 54.0 cm³/mol. The molecule has 2 heterocycles. The topological polar surface area (TPSA) is 209 Å². The third-order valence-electron chi connectivity index (χ3n) is 2.15. The quantitative estimate of drug-likeness (QED) is 0.400. The van der Waals surface area contributed by atoms with Crippen molar-refractivity contribution in [2.75, 3.05) is 0 Å². The number of nitrogens with zero attached hydrogens (tertiary/aromatic N) is 7. The highest BCUT2D eigenvalue weighted by atomic mass is 16.6. The van der Waals surface area contributed by atoms with Crippen molar-refractivity contribution in [3.05, 3.63) is 35.8 Å². The zero-order chi connectivity index (χ0) is 15.2. The third kappa shape index (κ3) is 1.57. The molecule has 15 heteroatoms. The van der Waals surface area contributed by atoms with Crippen LogP contribution in [0.4, 0.5) is 17.3 Å². The van der Waals surface area contributed by atoms with E-state index in [9.17, 15) is 35.6 Å². The molecule has 0 bridgehead atoms. The molecule has 0 aliphatic heterocycles. The fourth-order valence-electron chi connectivity index (χ4n) is 1.41. The van der Waals surface area contributed by atoms with Crippen LogP contribution in [-0.2, 0) is 0 Å². The summed E-state index contributed by atoms with van der Waals surface area (Å²) in [6.45, 7) is 0. The average molecular weight is 286 g/mol. The van der Waals surface area contributed by atoms with Crippen LogP contribution in [0.25, 0.3) is 5.65 Å². The van der Waals surface area contributed by atoms with Gasteiger partial charge < -0.3 is 25.4 Å². The predicted octanol–water partition coefficient (Wildman–Crippen LogP) is -1.03. The van der Waals surface area contributed by atoms with E-state index in [-0.39, 0.29) is 9.36 Å². The molecule has 20 heavy (non-hydrogen) atoms. The zero-order valence-electron chi connectivity index (χ0n) is 9.03. The second-order valence-corrected chi connectivity index (χ2v) is 3.24. The summed E-state index contributed by atoms with van der Waals surface area (Å²) in [4.78, 5) is 28.1. The lowest BCUT2D eigenvalue weighted by Crippen LogP contribution is -2.24. The number of rotatable bonds is 3. The summed E-state index contributed by atoms with van der Waals surface area (Å²) in [5.74, 6) is -2.47. The Morgan fingerprint density at radius 3 is 2.00 bits per heavy atom. The molecule has 0 atom stereocenters. The van der Waals surface area contributed by atoms with Crippen LogP contribution in [-0.4, -0.2) is 39.5 Å². The number of aromatic nitrogens is 4. The molecule has 0 aromatic carbocycles. The smallest absolute Gasteiger partial charge is 0.394 e.